The van der Waals surface area contributed by atoms with Crippen molar-refractivity contribution in [3.05, 3.63) is 41.4 Å². The second kappa shape index (κ2) is 7.07. The van der Waals surface area contributed by atoms with E-state index < -0.39 is 6.09 Å². The van der Waals surface area contributed by atoms with E-state index in [0.29, 0.717) is 37.5 Å². The number of carbonyl (C=O) groups is 2. The first-order chi connectivity index (χ1) is 12.6. The van der Waals surface area contributed by atoms with Crippen LogP contribution in [0.2, 0.25) is 0 Å². The Morgan fingerprint density at radius 3 is 2.27 bits per heavy atom. The first kappa shape index (κ1) is 17.0. The number of rotatable bonds is 4. The van der Waals surface area contributed by atoms with E-state index in [1.165, 1.54) is 4.90 Å². The molecular weight excluding hydrogens is 350 g/mol. The van der Waals surface area contributed by atoms with Gasteiger partial charge in [0.25, 0.3) is 5.91 Å². The lowest BCUT2D eigenvalue weighted by Gasteiger charge is -2.38. The number of likely N-dealkylation sites (tertiary alicyclic amines) is 1. The SMILES string of the molecule is O=C(O)N1CCC(N(C(=O)c2ccc(-c3nccs3)cc2)C2CC2)CC1. The number of benzene rings is 1. The van der Waals surface area contributed by atoms with Gasteiger partial charge < -0.3 is 14.9 Å². The maximum absolute atomic E-state index is 13.1. The topological polar surface area (TPSA) is 73.7 Å². The summed E-state index contributed by atoms with van der Waals surface area (Å²) >= 11 is 1.58. The number of hydrogen-bond acceptors (Lipinski definition) is 4. The van der Waals surface area contributed by atoms with Gasteiger partial charge >= 0.3 is 6.09 Å². The van der Waals surface area contributed by atoms with E-state index in [0.717, 1.165) is 23.4 Å². The molecule has 0 unspecified atom stereocenters. The molecule has 2 aliphatic rings. The highest BCUT2D eigenvalue weighted by atomic mass is 32.1. The minimum atomic E-state index is -0.870. The third kappa shape index (κ3) is 3.44. The molecule has 2 amide bonds. The Morgan fingerprint density at radius 2 is 1.73 bits per heavy atom. The fraction of sp³-hybridized carbons (Fsp3) is 0.421. The van der Waals surface area contributed by atoms with Gasteiger partial charge in [-0.2, -0.15) is 0 Å². The summed E-state index contributed by atoms with van der Waals surface area (Å²) in [6.07, 6.45) is 4.42. The van der Waals surface area contributed by atoms with Crippen LogP contribution >= 0.6 is 11.3 Å². The molecule has 1 saturated carbocycles. The maximum atomic E-state index is 13.1. The predicted octanol–water partition coefficient (Wildman–Crippen LogP) is 3.56. The van der Waals surface area contributed by atoms with Crippen molar-refractivity contribution in [1.29, 1.82) is 0 Å². The Hall–Kier alpha value is -2.41. The van der Waals surface area contributed by atoms with E-state index >= 15 is 0 Å². The molecule has 0 spiro atoms. The molecule has 2 heterocycles. The minimum absolute atomic E-state index is 0.0620. The number of aromatic nitrogens is 1. The van der Waals surface area contributed by atoms with Crippen LogP contribution in [0.1, 0.15) is 36.0 Å². The van der Waals surface area contributed by atoms with Gasteiger partial charge in [-0.05, 0) is 37.8 Å². The fourth-order valence-electron chi connectivity index (χ4n) is 3.59. The van der Waals surface area contributed by atoms with Crippen LogP contribution in [0.3, 0.4) is 0 Å². The van der Waals surface area contributed by atoms with Gasteiger partial charge in [0, 0.05) is 47.9 Å². The molecule has 1 aliphatic carbocycles. The van der Waals surface area contributed by atoms with Gasteiger partial charge in [-0.25, -0.2) is 9.78 Å². The summed E-state index contributed by atoms with van der Waals surface area (Å²) in [5, 5.41) is 12.0. The van der Waals surface area contributed by atoms with Crippen LogP contribution in [-0.2, 0) is 0 Å². The summed E-state index contributed by atoms with van der Waals surface area (Å²) in [7, 11) is 0. The van der Waals surface area contributed by atoms with Gasteiger partial charge in [-0.1, -0.05) is 12.1 Å². The van der Waals surface area contributed by atoms with E-state index in [-0.39, 0.29) is 11.9 Å². The van der Waals surface area contributed by atoms with Gasteiger partial charge in [0.15, 0.2) is 0 Å². The van der Waals surface area contributed by atoms with E-state index in [4.69, 9.17) is 5.11 Å². The zero-order valence-corrected chi connectivity index (χ0v) is 15.2. The summed E-state index contributed by atoms with van der Waals surface area (Å²) in [6.45, 7) is 0.999. The first-order valence-corrected chi connectivity index (χ1v) is 9.82. The number of thiazole rings is 1. The Morgan fingerprint density at radius 1 is 1.08 bits per heavy atom. The van der Waals surface area contributed by atoms with E-state index in [9.17, 15) is 9.59 Å². The van der Waals surface area contributed by atoms with Crippen molar-refractivity contribution in [3.63, 3.8) is 0 Å². The predicted molar refractivity (Wildman–Crippen MR) is 99.4 cm³/mol. The molecule has 0 atom stereocenters. The third-order valence-corrected chi connectivity index (χ3v) is 5.94. The fourth-order valence-corrected chi connectivity index (χ4v) is 4.23. The molecule has 1 aromatic carbocycles. The monoisotopic (exact) mass is 371 g/mol. The van der Waals surface area contributed by atoms with Crippen molar-refractivity contribution in [3.8, 4) is 10.6 Å². The molecule has 2 fully saturated rings. The number of carboxylic acid groups (broad SMARTS) is 1. The van der Waals surface area contributed by atoms with Gasteiger partial charge in [0.2, 0.25) is 0 Å². The van der Waals surface area contributed by atoms with Crippen LogP contribution in [0.5, 0.6) is 0 Å². The molecule has 0 bridgehead atoms. The largest absolute Gasteiger partial charge is 0.465 e. The highest BCUT2D eigenvalue weighted by Crippen LogP contribution is 2.33. The van der Waals surface area contributed by atoms with Crippen LogP contribution in [0.15, 0.2) is 35.8 Å². The molecule has 1 aromatic heterocycles. The molecule has 1 N–H and O–H groups in total. The summed E-state index contributed by atoms with van der Waals surface area (Å²) < 4.78 is 0. The highest BCUT2D eigenvalue weighted by Gasteiger charge is 2.39. The first-order valence-electron chi connectivity index (χ1n) is 8.94. The summed E-state index contributed by atoms with van der Waals surface area (Å²) in [4.78, 5) is 32.0. The lowest BCUT2D eigenvalue weighted by molar-refractivity contribution is 0.0551. The molecular formula is C19H21N3O3S. The van der Waals surface area contributed by atoms with Crippen molar-refractivity contribution in [2.24, 2.45) is 0 Å². The summed E-state index contributed by atoms with van der Waals surface area (Å²) in [5.74, 6) is 0.0620. The molecule has 6 nitrogen and oxygen atoms in total. The van der Waals surface area contributed by atoms with Gasteiger partial charge in [-0.15, -0.1) is 11.3 Å². The highest BCUT2D eigenvalue weighted by molar-refractivity contribution is 7.13. The van der Waals surface area contributed by atoms with Crippen molar-refractivity contribution in [2.75, 3.05) is 13.1 Å². The van der Waals surface area contributed by atoms with E-state index in [1.807, 2.05) is 34.5 Å². The van der Waals surface area contributed by atoms with Gasteiger partial charge in [0.1, 0.15) is 5.01 Å². The summed E-state index contributed by atoms with van der Waals surface area (Å²) in [6, 6.07) is 8.09. The van der Waals surface area contributed by atoms with E-state index in [2.05, 4.69) is 4.98 Å². The lowest BCUT2D eigenvalue weighted by atomic mass is 10.0. The normalized spacial score (nSPS) is 17.9. The smallest absolute Gasteiger partial charge is 0.407 e. The second-order valence-electron chi connectivity index (χ2n) is 6.86. The van der Waals surface area contributed by atoms with Gasteiger partial charge in [0.05, 0.1) is 0 Å². The van der Waals surface area contributed by atoms with Gasteiger partial charge in [-0.3, -0.25) is 4.79 Å². The van der Waals surface area contributed by atoms with Crippen LogP contribution in [0, 0.1) is 0 Å². The van der Waals surface area contributed by atoms with Crippen LogP contribution in [0.25, 0.3) is 10.6 Å². The summed E-state index contributed by atoms with van der Waals surface area (Å²) in [5.41, 5.74) is 1.71. The van der Waals surface area contributed by atoms with Crippen molar-refractivity contribution < 1.29 is 14.7 Å². The molecule has 7 heteroatoms. The number of amides is 2. The number of piperidine rings is 1. The number of hydrogen-bond donors (Lipinski definition) is 1. The van der Waals surface area contributed by atoms with Crippen LogP contribution in [-0.4, -0.2) is 57.1 Å². The second-order valence-corrected chi connectivity index (χ2v) is 7.75. The van der Waals surface area contributed by atoms with E-state index in [1.54, 1.807) is 17.5 Å². The maximum Gasteiger partial charge on any atom is 0.407 e. The Labute approximate surface area is 156 Å². The Balaban J connectivity index is 1.48. The molecule has 4 rings (SSSR count). The number of nitrogens with zero attached hydrogens (tertiary/aromatic N) is 3. The van der Waals surface area contributed by atoms with Crippen LogP contribution in [0.4, 0.5) is 4.79 Å². The van der Waals surface area contributed by atoms with Crippen LogP contribution < -0.4 is 0 Å². The molecule has 1 aliphatic heterocycles. The molecule has 2 aromatic rings. The molecule has 1 saturated heterocycles. The quantitative estimate of drug-likeness (QED) is 0.892. The van der Waals surface area contributed by atoms with Crippen molar-refractivity contribution in [1.82, 2.24) is 14.8 Å². The number of carbonyl (C=O) groups excluding carboxylic acids is 1. The lowest BCUT2D eigenvalue weighted by Crippen LogP contribution is -2.49. The average molecular weight is 371 g/mol. The Bertz CT molecular complexity index is 779. The Kier molecular flexibility index (Phi) is 4.63. The molecule has 26 heavy (non-hydrogen) atoms. The van der Waals surface area contributed by atoms with Crippen molar-refractivity contribution in [2.45, 2.75) is 37.8 Å². The van der Waals surface area contributed by atoms with Crippen molar-refractivity contribution >= 4 is 23.3 Å². The molecule has 0 radical (unpaired) electrons. The minimum Gasteiger partial charge on any atom is -0.465 e. The molecule has 136 valence electrons. The standard InChI is InChI=1S/C19H21N3O3S/c23-18(14-3-1-13(2-4-14)17-20-9-12-26-17)22(15-5-6-15)16-7-10-21(11-8-16)19(24)25/h1-4,9,12,15-16H,5-8,10-11H2,(H,24,25). The third-order valence-electron chi connectivity index (χ3n) is 5.11. The average Bonchev–Trinajstić information content (AvgIpc) is 3.34. The zero-order chi connectivity index (χ0) is 18.1. The zero-order valence-electron chi connectivity index (χ0n) is 14.4.